The maximum absolute atomic E-state index is 12.6. The summed E-state index contributed by atoms with van der Waals surface area (Å²) in [6.45, 7) is 1.53. The molecule has 1 aromatic heterocycles. The fraction of sp³-hybridized carbons (Fsp3) is 0.143. The van der Waals surface area contributed by atoms with Gasteiger partial charge >= 0.3 is 6.18 Å². The van der Waals surface area contributed by atoms with Crippen LogP contribution in [0.1, 0.15) is 21.6 Å². The number of anilines is 1. The van der Waals surface area contributed by atoms with E-state index < -0.39 is 22.7 Å². The second-order valence-electron chi connectivity index (χ2n) is 4.64. The fourth-order valence-electron chi connectivity index (χ4n) is 1.81. The predicted octanol–water partition coefficient (Wildman–Crippen LogP) is 3.57. The van der Waals surface area contributed by atoms with Gasteiger partial charge in [-0.2, -0.15) is 13.2 Å². The molecule has 1 amide bonds. The quantitative estimate of drug-likeness (QED) is 0.690. The molecule has 1 heterocycles. The first-order valence-electron chi connectivity index (χ1n) is 6.28. The Balaban J connectivity index is 2.26. The van der Waals surface area contributed by atoms with Gasteiger partial charge in [0, 0.05) is 29.1 Å². The van der Waals surface area contributed by atoms with Gasteiger partial charge < -0.3 is 5.32 Å². The first kappa shape index (κ1) is 16.4. The van der Waals surface area contributed by atoms with E-state index in [2.05, 4.69) is 10.3 Å². The molecule has 23 heavy (non-hydrogen) atoms. The Hall–Kier alpha value is -2.97. The Morgan fingerprint density at radius 2 is 1.96 bits per heavy atom. The largest absolute Gasteiger partial charge is 0.433 e. The van der Waals surface area contributed by atoms with Gasteiger partial charge in [0.2, 0.25) is 0 Å². The summed E-state index contributed by atoms with van der Waals surface area (Å²) < 4.78 is 37.7. The number of rotatable bonds is 3. The molecule has 1 aromatic carbocycles. The van der Waals surface area contributed by atoms with Crippen LogP contribution < -0.4 is 5.32 Å². The number of nitrogens with zero attached hydrogens (tertiary/aromatic N) is 2. The summed E-state index contributed by atoms with van der Waals surface area (Å²) in [7, 11) is 0. The van der Waals surface area contributed by atoms with Crippen LogP contribution in [0.3, 0.4) is 0 Å². The number of aryl methyl sites for hydroxylation is 1. The highest BCUT2D eigenvalue weighted by atomic mass is 19.4. The molecule has 0 aliphatic carbocycles. The Morgan fingerprint density at radius 1 is 1.26 bits per heavy atom. The lowest BCUT2D eigenvalue weighted by atomic mass is 10.1. The van der Waals surface area contributed by atoms with E-state index in [1.54, 1.807) is 0 Å². The number of nitrogens with one attached hydrogen (secondary N) is 1. The van der Waals surface area contributed by atoms with Crippen LogP contribution in [-0.4, -0.2) is 15.8 Å². The number of aromatic nitrogens is 1. The minimum atomic E-state index is -4.67. The molecule has 120 valence electrons. The molecule has 0 unspecified atom stereocenters. The van der Waals surface area contributed by atoms with Crippen LogP contribution in [0.4, 0.5) is 24.5 Å². The van der Waals surface area contributed by atoms with Gasteiger partial charge in [0.05, 0.1) is 4.92 Å². The van der Waals surface area contributed by atoms with Gasteiger partial charge in [-0.3, -0.25) is 19.9 Å². The highest BCUT2D eigenvalue weighted by molar-refractivity contribution is 6.04. The van der Waals surface area contributed by atoms with Crippen LogP contribution in [0, 0.1) is 17.0 Å². The molecule has 6 nitrogen and oxygen atoms in total. The van der Waals surface area contributed by atoms with Crippen LogP contribution >= 0.6 is 0 Å². The number of nitro groups is 1. The molecule has 0 aliphatic heterocycles. The maximum Gasteiger partial charge on any atom is 0.433 e. The van der Waals surface area contributed by atoms with Crippen LogP contribution in [-0.2, 0) is 6.18 Å². The molecule has 0 radical (unpaired) electrons. The van der Waals surface area contributed by atoms with Gasteiger partial charge in [0.1, 0.15) is 5.69 Å². The highest BCUT2D eigenvalue weighted by Crippen LogP contribution is 2.28. The molecule has 1 N–H and O–H groups in total. The lowest BCUT2D eigenvalue weighted by molar-refractivity contribution is -0.385. The van der Waals surface area contributed by atoms with E-state index in [-0.39, 0.29) is 16.9 Å². The van der Waals surface area contributed by atoms with Crippen LogP contribution in [0.25, 0.3) is 0 Å². The third-order valence-electron chi connectivity index (χ3n) is 2.98. The zero-order valence-corrected chi connectivity index (χ0v) is 11.7. The number of halogens is 3. The molecular weight excluding hydrogens is 315 g/mol. The number of pyridine rings is 1. The van der Waals surface area contributed by atoms with Crippen LogP contribution in [0.5, 0.6) is 0 Å². The summed E-state index contributed by atoms with van der Waals surface area (Å²) in [6, 6.07) is 5.72. The summed E-state index contributed by atoms with van der Waals surface area (Å²) in [4.78, 5) is 25.4. The van der Waals surface area contributed by atoms with E-state index in [1.807, 2.05) is 0 Å². The molecule has 0 fully saturated rings. The first-order valence-corrected chi connectivity index (χ1v) is 6.28. The van der Waals surface area contributed by atoms with Crippen molar-refractivity contribution >= 4 is 17.3 Å². The molecule has 0 spiro atoms. The van der Waals surface area contributed by atoms with Crippen molar-refractivity contribution in [2.24, 2.45) is 0 Å². The second-order valence-corrected chi connectivity index (χ2v) is 4.64. The number of nitro benzene ring substituents is 1. The third-order valence-corrected chi connectivity index (χ3v) is 2.98. The molecule has 9 heteroatoms. The lowest BCUT2D eigenvalue weighted by Crippen LogP contribution is -2.15. The van der Waals surface area contributed by atoms with E-state index in [1.165, 1.54) is 19.1 Å². The van der Waals surface area contributed by atoms with Gasteiger partial charge in [-0.1, -0.05) is 6.07 Å². The van der Waals surface area contributed by atoms with Crippen molar-refractivity contribution in [3.63, 3.8) is 0 Å². The maximum atomic E-state index is 12.6. The molecule has 0 saturated heterocycles. The molecule has 2 rings (SSSR count). The number of carbonyl (C=O) groups excluding carboxylic acids is 1. The summed E-state index contributed by atoms with van der Waals surface area (Å²) >= 11 is 0. The summed E-state index contributed by atoms with van der Waals surface area (Å²) in [5.74, 6) is -0.823. The molecule has 0 bridgehead atoms. The van der Waals surface area contributed by atoms with Crippen LogP contribution in [0.15, 0.2) is 36.5 Å². The summed E-state index contributed by atoms with van der Waals surface area (Å²) in [6.07, 6.45) is -3.80. The Kier molecular flexibility index (Phi) is 4.30. The Morgan fingerprint density at radius 3 is 2.57 bits per heavy atom. The van der Waals surface area contributed by atoms with Gasteiger partial charge in [-0.15, -0.1) is 0 Å². The number of carbonyl (C=O) groups is 1. The number of hydrogen-bond donors (Lipinski definition) is 1. The van der Waals surface area contributed by atoms with E-state index in [0.29, 0.717) is 11.6 Å². The van der Waals surface area contributed by atoms with Crippen molar-refractivity contribution < 1.29 is 22.9 Å². The monoisotopic (exact) mass is 325 g/mol. The van der Waals surface area contributed by atoms with Gasteiger partial charge in [-0.05, 0) is 25.1 Å². The summed E-state index contributed by atoms with van der Waals surface area (Å²) in [5.41, 5.74) is -1.14. The molecule has 0 aliphatic rings. The molecular formula is C14H10F3N3O3. The minimum absolute atomic E-state index is 0.109. The van der Waals surface area contributed by atoms with Crippen molar-refractivity contribution in [1.82, 2.24) is 4.98 Å². The SMILES string of the molecule is Cc1ccc(NC(=O)c2ccnc(C(F)(F)F)c2)cc1[N+](=O)[O-]. The number of hydrogen-bond acceptors (Lipinski definition) is 4. The predicted molar refractivity (Wildman–Crippen MR) is 75.0 cm³/mol. The second kappa shape index (κ2) is 6.03. The van der Waals surface area contributed by atoms with Crippen molar-refractivity contribution in [2.45, 2.75) is 13.1 Å². The molecule has 0 atom stereocenters. The first-order chi connectivity index (χ1) is 10.7. The number of benzene rings is 1. The Bertz CT molecular complexity index is 775. The molecule has 0 saturated carbocycles. The van der Waals surface area contributed by atoms with E-state index in [4.69, 9.17) is 0 Å². The topological polar surface area (TPSA) is 85.1 Å². The standard InChI is InChI=1S/C14H10F3N3O3/c1-8-2-3-10(7-11(8)20(22)23)19-13(21)9-4-5-18-12(6-9)14(15,16)17/h2-7H,1H3,(H,19,21). The van der Waals surface area contributed by atoms with E-state index >= 15 is 0 Å². The smallest absolute Gasteiger partial charge is 0.322 e. The summed E-state index contributed by atoms with van der Waals surface area (Å²) in [5, 5.41) is 13.2. The normalized spacial score (nSPS) is 11.1. The lowest BCUT2D eigenvalue weighted by Gasteiger charge is -2.09. The van der Waals surface area contributed by atoms with Crippen molar-refractivity contribution in [3.8, 4) is 0 Å². The highest BCUT2D eigenvalue weighted by Gasteiger charge is 2.33. The van der Waals surface area contributed by atoms with Crippen molar-refractivity contribution in [3.05, 3.63) is 63.5 Å². The van der Waals surface area contributed by atoms with Crippen molar-refractivity contribution in [1.29, 1.82) is 0 Å². The average Bonchev–Trinajstić information content (AvgIpc) is 2.48. The Labute approximate surface area is 128 Å². The zero-order chi connectivity index (χ0) is 17.2. The van der Waals surface area contributed by atoms with E-state index in [9.17, 15) is 28.1 Å². The fourth-order valence-corrected chi connectivity index (χ4v) is 1.81. The average molecular weight is 325 g/mol. The third kappa shape index (κ3) is 3.82. The molecule has 2 aromatic rings. The van der Waals surface area contributed by atoms with Gasteiger partial charge in [-0.25, -0.2) is 0 Å². The van der Waals surface area contributed by atoms with E-state index in [0.717, 1.165) is 18.3 Å². The van der Waals surface area contributed by atoms with Crippen molar-refractivity contribution in [2.75, 3.05) is 5.32 Å². The number of amides is 1. The number of alkyl halides is 3. The zero-order valence-electron chi connectivity index (χ0n) is 11.7. The minimum Gasteiger partial charge on any atom is -0.322 e. The van der Waals surface area contributed by atoms with Crippen LogP contribution in [0.2, 0.25) is 0 Å². The van der Waals surface area contributed by atoms with Gasteiger partial charge in [0.25, 0.3) is 11.6 Å². The van der Waals surface area contributed by atoms with Gasteiger partial charge in [0.15, 0.2) is 0 Å².